The van der Waals surface area contributed by atoms with Crippen molar-refractivity contribution in [3.8, 4) is 0 Å². The summed E-state index contributed by atoms with van der Waals surface area (Å²) in [5, 5.41) is 4.75. The number of carbonyl (C=O) groups is 1. The summed E-state index contributed by atoms with van der Waals surface area (Å²) < 4.78 is 5.80. The lowest BCUT2D eigenvalue weighted by Crippen LogP contribution is -2.44. The van der Waals surface area contributed by atoms with Gasteiger partial charge in [0.2, 0.25) is 0 Å². The monoisotopic (exact) mass is 489 g/mol. The molecule has 1 aliphatic heterocycles. The number of amides is 1. The number of aromatic nitrogens is 1. The average molecular weight is 490 g/mol. The van der Waals surface area contributed by atoms with Crippen LogP contribution < -0.4 is 5.32 Å². The van der Waals surface area contributed by atoms with Crippen LogP contribution in [0.2, 0.25) is 10.0 Å². The Kier molecular flexibility index (Phi) is 7.48. The molecule has 2 aromatic carbocycles. The summed E-state index contributed by atoms with van der Waals surface area (Å²) >= 11 is 13.7. The first-order valence-corrected chi connectivity index (χ1v) is 12.1. The van der Waals surface area contributed by atoms with E-state index >= 15 is 0 Å². The van der Waals surface area contributed by atoms with Crippen LogP contribution in [-0.4, -0.2) is 41.1 Å². The van der Waals surface area contributed by atoms with Gasteiger partial charge in [0.1, 0.15) is 0 Å². The van der Waals surface area contributed by atoms with E-state index in [0.717, 1.165) is 30.1 Å². The van der Waals surface area contributed by atoms with Crippen LogP contribution in [0.15, 0.2) is 48.7 Å². The Labute approximate surface area is 202 Å². The summed E-state index contributed by atoms with van der Waals surface area (Å²) in [5.74, 6) is -0.174. The number of benzene rings is 2. The van der Waals surface area contributed by atoms with Crippen LogP contribution in [0, 0.1) is 0 Å². The molecule has 2 heterocycles. The fourth-order valence-corrected chi connectivity index (χ4v) is 5.13. The third kappa shape index (κ3) is 6.09. The van der Waals surface area contributed by atoms with Crippen molar-refractivity contribution >= 4 is 45.6 Å². The van der Waals surface area contributed by atoms with Crippen LogP contribution >= 0.6 is 34.5 Å². The third-order valence-electron chi connectivity index (χ3n) is 5.26. The summed E-state index contributed by atoms with van der Waals surface area (Å²) in [4.78, 5) is 20.4. The van der Waals surface area contributed by atoms with Crippen molar-refractivity contribution in [1.29, 1.82) is 0 Å². The van der Waals surface area contributed by atoms with Crippen LogP contribution in [0.1, 0.15) is 40.2 Å². The highest BCUT2D eigenvalue weighted by Crippen LogP contribution is 2.27. The predicted octanol–water partition coefficient (Wildman–Crippen LogP) is 5.90. The lowest BCUT2D eigenvalue weighted by atomic mass is 10.1. The summed E-state index contributed by atoms with van der Waals surface area (Å²) in [5.41, 5.74) is 2.71. The zero-order valence-corrected chi connectivity index (χ0v) is 20.3. The second kappa shape index (κ2) is 10.3. The van der Waals surface area contributed by atoms with Gasteiger partial charge >= 0.3 is 0 Å². The maximum Gasteiger partial charge on any atom is 0.257 e. The number of thiazole rings is 1. The maximum atomic E-state index is 12.7. The normalized spacial score (nSPS) is 19.1. The molecule has 168 valence electrons. The minimum absolute atomic E-state index is 0.174. The summed E-state index contributed by atoms with van der Waals surface area (Å²) in [6.07, 6.45) is 2.84. The molecular formula is C24H25Cl2N3O2S. The standard InChI is InChI=1S/C24H25Cl2N3O2S/c1-15-12-29(13-16(2)31-15)14-17-3-5-18(6-4-17)23(30)28-24-27-11-21(32-24)10-19-9-20(25)7-8-22(19)26/h3-9,11,15-16H,10,12-14H2,1-2H3,(H,27,28,30). The Morgan fingerprint density at radius 3 is 2.59 bits per heavy atom. The summed E-state index contributed by atoms with van der Waals surface area (Å²) in [7, 11) is 0. The highest BCUT2D eigenvalue weighted by Gasteiger charge is 2.22. The number of hydrogen-bond acceptors (Lipinski definition) is 5. The molecule has 8 heteroatoms. The van der Waals surface area contributed by atoms with E-state index in [9.17, 15) is 4.79 Å². The maximum absolute atomic E-state index is 12.7. The highest BCUT2D eigenvalue weighted by molar-refractivity contribution is 7.15. The highest BCUT2D eigenvalue weighted by atomic mass is 35.5. The second-order valence-corrected chi connectivity index (χ2v) is 10.1. The number of nitrogens with zero attached hydrogens (tertiary/aromatic N) is 2. The van der Waals surface area contributed by atoms with Gasteiger partial charge in [-0.1, -0.05) is 35.3 Å². The van der Waals surface area contributed by atoms with Gasteiger partial charge in [-0.05, 0) is 55.3 Å². The Morgan fingerprint density at radius 1 is 1.16 bits per heavy atom. The van der Waals surface area contributed by atoms with E-state index in [1.54, 1.807) is 18.3 Å². The SMILES string of the molecule is CC1CN(Cc2ccc(C(=O)Nc3ncc(Cc4cc(Cl)ccc4Cl)s3)cc2)CC(C)O1. The molecule has 1 saturated heterocycles. The molecule has 1 fully saturated rings. The number of morpholine rings is 1. The Bertz CT molecular complexity index is 1080. The smallest absolute Gasteiger partial charge is 0.257 e. The van der Waals surface area contributed by atoms with E-state index in [4.69, 9.17) is 27.9 Å². The lowest BCUT2D eigenvalue weighted by Gasteiger charge is -2.35. The van der Waals surface area contributed by atoms with Crippen LogP contribution in [0.3, 0.4) is 0 Å². The van der Waals surface area contributed by atoms with Gasteiger partial charge in [-0.3, -0.25) is 15.0 Å². The van der Waals surface area contributed by atoms with Gasteiger partial charge in [-0.15, -0.1) is 11.3 Å². The van der Waals surface area contributed by atoms with E-state index in [1.165, 1.54) is 16.9 Å². The quantitative estimate of drug-likeness (QED) is 0.467. The molecular weight excluding hydrogens is 465 g/mol. The van der Waals surface area contributed by atoms with Crippen molar-refractivity contribution in [2.24, 2.45) is 0 Å². The van der Waals surface area contributed by atoms with Crippen LogP contribution in [0.5, 0.6) is 0 Å². The van der Waals surface area contributed by atoms with Gasteiger partial charge < -0.3 is 4.74 Å². The minimum Gasteiger partial charge on any atom is -0.373 e. The van der Waals surface area contributed by atoms with Crippen molar-refractivity contribution in [3.63, 3.8) is 0 Å². The van der Waals surface area contributed by atoms with Crippen molar-refractivity contribution in [2.75, 3.05) is 18.4 Å². The summed E-state index contributed by atoms with van der Waals surface area (Å²) in [6.45, 7) is 6.88. The molecule has 2 atom stereocenters. The number of rotatable bonds is 6. The molecule has 1 aromatic heterocycles. The summed E-state index contributed by atoms with van der Waals surface area (Å²) in [6, 6.07) is 13.1. The number of anilines is 1. The molecule has 0 spiro atoms. The molecule has 0 saturated carbocycles. The zero-order valence-electron chi connectivity index (χ0n) is 18.0. The van der Waals surface area contributed by atoms with Crippen LogP contribution in [-0.2, 0) is 17.7 Å². The molecule has 0 bridgehead atoms. The Balaban J connectivity index is 1.34. The fraction of sp³-hybridized carbons (Fsp3) is 0.333. The first-order chi connectivity index (χ1) is 15.4. The molecule has 1 aliphatic rings. The fourth-order valence-electron chi connectivity index (χ4n) is 3.92. The van der Waals surface area contributed by atoms with Gasteiger partial charge in [-0.25, -0.2) is 4.98 Å². The minimum atomic E-state index is -0.174. The van der Waals surface area contributed by atoms with Crippen LogP contribution in [0.4, 0.5) is 5.13 Å². The largest absolute Gasteiger partial charge is 0.373 e. The first-order valence-electron chi connectivity index (χ1n) is 10.5. The van der Waals surface area contributed by atoms with Gasteiger partial charge in [0, 0.05) is 52.7 Å². The average Bonchev–Trinajstić information content (AvgIpc) is 3.17. The van der Waals surface area contributed by atoms with Crippen molar-refractivity contribution in [2.45, 2.75) is 39.0 Å². The van der Waals surface area contributed by atoms with E-state index in [2.05, 4.69) is 29.0 Å². The molecule has 1 amide bonds. The number of halogens is 2. The zero-order chi connectivity index (χ0) is 22.7. The molecule has 1 N–H and O–H groups in total. The van der Waals surface area contributed by atoms with E-state index in [1.807, 2.05) is 30.3 Å². The Hall–Kier alpha value is -1.96. The molecule has 0 aliphatic carbocycles. The predicted molar refractivity (Wildman–Crippen MR) is 131 cm³/mol. The first kappa shape index (κ1) is 23.2. The van der Waals surface area contributed by atoms with Crippen molar-refractivity contribution in [1.82, 2.24) is 9.88 Å². The van der Waals surface area contributed by atoms with Gasteiger partial charge in [-0.2, -0.15) is 0 Å². The van der Waals surface area contributed by atoms with E-state index in [0.29, 0.717) is 27.2 Å². The van der Waals surface area contributed by atoms with E-state index in [-0.39, 0.29) is 18.1 Å². The second-order valence-electron chi connectivity index (χ2n) is 8.15. The van der Waals surface area contributed by atoms with Crippen molar-refractivity contribution in [3.05, 3.63) is 80.3 Å². The molecule has 32 heavy (non-hydrogen) atoms. The van der Waals surface area contributed by atoms with Crippen molar-refractivity contribution < 1.29 is 9.53 Å². The molecule has 5 nitrogen and oxygen atoms in total. The van der Waals surface area contributed by atoms with Gasteiger partial charge in [0.15, 0.2) is 5.13 Å². The number of carbonyl (C=O) groups excluding carboxylic acids is 1. The van der Waals surface area contributed by atoms with Crippen LogP contribution in [0.25, 0.3) is 0 Å². The number of nitrogens with one attached hydrogen (secondary N) is 1. The van der Waals surface area contributed by atoms with E-state index < -0.39 is 0 Å². The molecule has 0 radical (unpaired) electrons. The third-order valence-corrected chi connectivity index (χ3v) is 6.78. The number of hydrogen-bond donors (Lipinski definition) is 1. The molecule has 3 aromatic rings. The van der Waals surface area contributed by atoms with Gasteiger partial charge in [0.25, 0.3) is 5.91 Å². The number of ether oxygens (including phenoxy) is 1. The Morgan fingerprint density at radius 2 is 1.88 bits per heavy atom. The van der Waals surface area contributed by atoms with Gasteiger partial charge in [0.05, 0.1) is 12.2 Å². The molecule has 4 rings (SSSR count). The topological polar surface area (TPSA) is 54.5 Å². The molecule has 2 unspecified atom stereocenters. The lowest BCUT2D eigenvalue weighted by molar-refractivity contribution is -0.0704.